The Balaban J connectivity index is 2.88. The van der Waals surface area contributed by atoms with Gasteiger partial charge in [-0.05, 0) is 6.07 Å². The van der Waals surface area contributed by atoms with Crippen molar-refractivity contribution in [2.24, 2.45) is 0 Å². The van der Waals surface area contributed by atoms with Crippen molar-refractivity contribution in [3.63, 3.8) is 0 Å². The molecule has 5 nitrogen and oxygen atoms in total. The van der Waals surface area contributed by atoms with Crippen LogP contribution in [0.5, 0.6) is 0 Å². The van der Waals surface area contributed by atoms with E-state index in [9.17, 15) is 22.8 Å². The molecular weight excluding hydrogens is 275 g/mol. The third-order valence-electron chi connectivity index (χ3n) is 1.91. The van der Waals surface area contributed by atoms with Crippen molar-refractivity contribution in [3.8, 4) is 0 Å². The largest absolute Gasteiger partial charge is 0.406 e. The number of carbonyl (C=O) groups excluding carboxylic acids is 1. The van der Waals surface area contributed by atoms with Crippen molar-refractivity contribution in [1.29, 1.82) is 0 Å². The van der Waals surface area contributed by atoms with Crippen LogP contribution in [0.4, 0.5) is 13.2 Å². The van der Waals surface area contributed by atoms with Gasteiger partial charge < -0.3 is 4.90 Å². The minimum Gasteiger partial charge on any atom is -0.327 e. The summed E-state index contributed by atoms with van der Waals surface area (Å²) in [6, 6.07) is 2.06. The Morgan fingerprint density at radius 2 is 2.11 bits per heavy atom. The number of hydrogen-bond acceptors (Lipinski definition) is 3. The molecule has 0 aliphatic rings. The Hall–Kier alpha value is -1.57. The number of amides is 1. The third-order valence-corrected chi connectivity index (χ3v) is 2.08. The number of nitrogens with zero attached hydrogens (tertiary/aromatic N) is 2. The highest BCUT2D eigenvalue weighted by Crippen LogP contribution is 2.17. The predicted molar refractivity (Wildman–Crippen MR) is 57.5 cm³/mol. The van der Waals surface area contributed by atoms with Gasteiger partial charge in [-0.25, -0.2) is 5.10 Å². The molecule has 0 bridgehead atoms. The lowest BCUT2D eigenvalue weighted by molar-refractivity contribution is -0.140. The first kappa shape index (κ1) is 14.5. The van der Waals surface area contributed by atoms with Crippen LogP contribution < -0.4 is 5.56 Å². The summed E-state index contributed by atoms with van der Waals surface area (Å²) < 4.78 is 36.8. The second kappa shape index (κ2) is 5.85. The van der Waals surface area contributed by atoms with Crippen LogP contribution in [0.2, 0.25) is 0 Å². The average Bonchev–Trinajstić information content (AvgIpc) is 2.27. The summed E-state index contributed by atoms with van der Waals surface area (Å²) >= 11 is 5.34. The number of aromatic nitrogens is 2. The molecule has 0 aliphatic heterocycles. The van der Waals surface area contributed by atoms with Gasteiger partial charge in [0.05, 0.1) is 0 Å². The van der Waals surface area contributed by atoms with Gasteiger partial charge in [0.25, 0.3) is 11.5 Å². The Bertz CT molecular complexity index is 454. The molecule has 1 rings (SSSR count). The van der Waals surface area contributed by atoms with Gasteiger partial charge in [0.2, 0.25) is 0 Å². The summed E-state index contributed by atoms with van der Waals surface area (Å²) in [6.07, 6.45) is -4.52. The highest BCUT2D eigenvalue weighted by Gasteiger charge is 2.33. The van der Waals surface area contributed by atoms with Gasteiger partial charge in [0, 0.05) is 18.5 Å². The summed E-state index contributed by atoms with van der Waals surface area (Å²) in [5.41, 5.74) is -0.824. The lowest BCUT2D eigenvalue weighted by atomic mass is 10.3. The predicted octanol–water partition coefficient (Wildman–Crippen LogP) is 1.01. The molecule has 0 atom stereocenters. The Morgan fingerprint density at radius 1 is 1.44 bits per heavy atom. The number of nitrogens with one attached hydrogen (secondary N) is 1. The number of halogens is 4. The smallest absolute Gasteiger partial charge is 0.327 e. The number of carbonyl (C=O) groups is 1. The van der Waals surface area contributed by atoms with Crippen LogP contribution in [-0.4, -0.2) is 46.2 Å². The van der Waals surface area contributed by atoms with Gasteiger partial charge in [-0.2, -0.15) is 18.3 Å². The molecule has 1 amide bonds. The first-order valence-electron chi connectivity index (χ1n) is 4.81. The van der Waals surface area contributed by atoms with Crippen molar-refractivity contribution >= 4 is 17.5 Å². The lowest BCUT2D eigenvalue weighted by Gasteiger charge is -2.22. The molecule has 1 N–H and O–H groups in total. The van der Waals surface area contributed by atoms with Crippen molar-refractivity contribution in [2.75, 3.05) is 19.0 Å². The Morgan fingerprint density at radius 3 is 2.56 bits per heavy atom. The summed E-state index contributed by atoms with van der Waals surface area (Å²) in [5, 5.41) is 5.35. The lowest BCUT2D eigenvalue weighted by Crippen LogP contribution is -2.40. The van der Waals surface area contributed by atoms with E-state index >= 15 is 0 Å². The zero-order valence-corrected chi connectivity index (χ0v) is 9.75. The molecule has 0 aromatic carbocycles. The van der Waals surface area contributed by atoms with Gasteiger partial charge in [-0.1, -0.05) is 0 Å². The van der Waals surface area contributed by atoms with Crippen LogP contribution in [0.15, 0.2) is 16.9 Å². The maximum Gasteiger partial charge on any atom is 0.406 e. The molecule has 1 aromatic heterocycles. The fraction of sp³-hybridized carbons (Fsp3) is 0.444. The Kier molecular flexibility index (Phi) is 4.71. The number of hydrogen-bond donors (Lipinski definition) is 1. The number of rotatable bonds is 4. The van der Waals surface area contributed by atoms with Crippen LogP contribution in [0.1, 0.15) is 10.5 Å². The highest BCUT2D eigenvalue weighted by molar-refractivity contribution is 6.18. The molecule has 100 valence electrons. The minimum absolute atomic E-state index is 0.134. The van der Waals surface area contributed by atoms with Crippen LogP contribution in [0, 0.1) is 0 Å². The molecule has 1 aromatic rings. The van der Waals surface area contributed by atoms with Gasteiger partial charge in [-0.15, -0.1) is 11.6 Å². The number of alkyl halides is 4. The minimum atomic E-state index is -4.52. The fourth-order valence-electron chi connectivity index (χ4n) is 1.20. The summed E-state index contributed by atoms with van der Waals surface area (Å²) in [7, 11) is 0. The van der Waals surface area contributed by atoms with E-state index in [4.69, 9.17) is 11.6 Å². The van der Waals surface area contributed by atoms with E-state index in [-0.39, 0.29) is 18.1 Å². The maximum absolute atomic E-state index is 12.3. The molecule has 0 saturated carbocycles. The van der Waals surface area contributed by atoms with E-state index in [2.05, 4.69) is 5.10 Å². The molecule has 1 heterocycles. The standard InChI is InChI=1S/C9H9ClF3N3O2/c10-3-4-16(5-9(11,12)13)8(18)6-1-2-7(17)15-14-6/h1-2H,3-5H2,(H,15,17). The van der Waals surface area contributed by atoms with Gasteiger partial charge in [-0.3, -0.25) is 9.59 Å². The second-order valence-electron chi connectivity index (χ2n) is 3.34. The molecule has 0 aliphatic carbocycles. The van der Waals surface area contributed by atoms with E-state index in [1.165, 1.54) is 0 Å². The number of aromatic amines is 1. The van der Waals surface area contributed by atoms with Crippen LogP contribution >= 0.6 is 11.6 Å². The fourth-order valence-corrected chi connectivity index (χ4v) is 1.40. The van der Waals surface area contributed by atoms with Gasteiger partial charge in [0.1, 0.15) is 12.2 Å². The quantitative estimate of drug-likeness (QED) is 0.839. The first-order chi connectivity index (χ1) is 8.33. The Labute approximate surface area is 105 Å². The topological polar surface area (TPSA) is 66.1 Å². The van der Waals surface area contributed by atoms with Crippen LogP contribution in [-0.2, 0) is 0 Å². The molecular formula is C9H9ClF3N3O2. The van der Waals surface area contributed by atoms with Crippen LogP contribution in [0.3, 0.4) is 0 Å². The normalized spacial score (nSPS) is 11.3. The van der Waals surface area contributed by atoms with E-state index in [0.29, 0.717) is 4.90 Å². The summed E-state index contributed by atoms with van der Waals surface area (Å²) in [6.45, 7) is -1.68. The van der Waals surface area contributed by atoms with Crippen LogP contribution in [0.25, 0.3) is 0 Å². The monoisotopic (exact) mass is 283 g/mol. The zero-order chi connectivity index (χ0) is 13.8. The SMILES string of the molecule is O=C(c1ccc(=O)[nH]n1)N(CCCl)CC(F)(F)F. The van der Waals surface area contributed by atoms with Gasteiger partial charge >= 0.3 is 6.18 Å². The van der Waals surface area contributed by atoms with E-state index in [1.807, 2.05) is 5.10 Å². The highest BCUT2D eigenvalue weighted by atomic mass is 35.5. The van der Waals surface area contributed by atoms with Crippen molar-refractivity contribution in [3.05, 3.63) is 28.2 Å². The molecule has 0 saturated heterocycles. The number of H-pyrrole nitrogens is 1. The van der Waals surface area contributed by atoms with E-state index in [0.717, 1.165) is 12.1 Å². The average molecular weight is 284 g/mol. The van der Waals surface area contributed by atoms with Crippen molar-refractivity contribution in [2.45, 2.75) is 6.18 Å². The van der Waals surface area contributed by atoms with E-state index < -0.39 is 24.2 Å². The molecule has 18 heavy (non-hydrogen) atoms. The molecule has 0 unspecified atom stereocenters. The molecule has 0 spiro atoms. The maximum atomic E-state index is 12.3. The van der Waals surface area contributed by atoms with Crippen molar-refractivity contribution < 1.29 is 18.0 Å². The zero-order valence-electron chi connectivity index (χ0n) is 9.00. The second-order valence-corrected chi connectivity index (χ2v) is 3.72. The summed E-state index contributed by atoms with van der Waals surface area (Å²) in [5.74, 6) is -1.07. The third kappa shape index (κ3) is 4.36. The van der Waals surface area contributed by atoms with Crippen molar-refractivity contribution in [1.82, 2.24) is 15.1 Å². The molecule has 9 heteroatoms. The van der Waals surface area contributed by atoms with Gasteiger partial charge in [0.15, 0.2) is 0 Å². The molecule has 0 radical (unpaired) electrons. The first-order valence-corrected chi connectivity index (χ1v) is 5.34. The van der Waals surface area contributed by atoms with E-state index in [1.54, 1.807) is 0 Å². The summed E-state index contributed by atoms with van der Waals surface area (Å²) in [4.78, 5) is 23.0. The molecule has 0 fully saturated rings.